The largest absolute Gasteiger partial charge is 0.573 e. The second-order valence-corrected chi connectivity index (χ2v) is 23.4. The molecule has 0 aliphatic carbocycles. The summed E-state index contributed by atoms with van der Waals surface area (Å²) in [5, 5.41) is 0. The first-order chi connectivity index (χ1) is 39.1. The van der Waals surface area contributed by atoms with Crippen molar-refractivity contribution in [2.75, 3.05) is 25.7 Å². The van der Waals surface area contributed by atoms with E-state index in [0.717, 1.165) is 146 Å². The molecule has 0 fully saturated rings. The second-order valence-electron chi connectivity index (χ2n) is 17.5. The van der Waals surface area contributed by atoms with E-state index in [0.29, 0.717) is 28.3 Å². The minimum absolute atomic E-state index is 0.261. The molecule has 5 aromatic heterocycles. The number of aromatic nitrogens is 2. The lowest BCUT2D eigenvalue weighted by atomic mass is 9.99. The van der Waals surface area contributed by atoms with Gasteiger partial charge < -0.3 is 30.4 Å². The van der Waals surface area contributed by atoms with Gasteiger partial charge in [-0.3, -0.25) is 0 Å². The highest BCUT2D eigenvalue weighted by molar-refractivity contribution is 7.58. The molecular formula is C56H34F6N8O4S7. The van der Waals surface area contributed by atoms with E-state index in [-0.39, 0.29) is 11.5 Å². The Balaban J connectivity index is 0.000000161. The predicted octanol–water partition coefficient (Wildman–Crippen LogP) is 19.4. The monoisotopic (exact) mass is 1220 g/mol. The Morgan fingerprint density at radius 3 is 0.889 bits per heavy atom. The van der Waals surface area contributed by atoms with Crippen LogP contribution in [0.2, 0.25) is 0 Å². The molecule has 0 spiro atoms. The third-order valence-corrected chi connectivity index (χ3v) is 18.8. The van der Waals surface area contributed by atoms with Gasteiger partial charge in [-0.25, -0.2) is 0 Å². The molecule has 7 heterocycles. The van der Waals surface area contributed by atoms with E-state index in [1.54, 1.807) is 61.2 Å². The summed E-state index contributed by atoms with van der Waals surface area (Å²) >= 11 is 9.53. The van der Waals surface area contributed by atoms with Crippen molar-refractivity contribution < 1.29 is 45.3 Å². The number of nitrogen functional groups attached to an aromatic ring is 2. The van der Waals surface area contributed by atoms with E-state index in [1.807, 2.05) is 84.9 Å². The maximum Gasteiger partial charge on any atom is 0.573 e. The molecule has 4 N–H and O–H groups in total. The summed E-state index contributed by atoms with van der Waals surface area (Å²) in [5.74, 6) is 1.05. The predicted molar refractivity (Wildman–Crippen MR) is 317 cm³/mol. The third kappa shape index (κ3) is 10.9. The fraction of sp³-hybridized carbons (Fsp3) is 0.0714. The Kier molecular flexibility index (Phi) is 14.4. The van der Waals surface area contributed by atoms with Crippen molar-refractivity contribution in [2.24, 2.45) is 17.5 Å². The quantitative estimate of drug-likeness (QED) is 0.0901. The first-order valence-electron chi connectivity index (χ1n) is 23.8. The number of hydrogen-bond acceptors (Lipinski definition) is 17. The average molecular weight is 1220 g/mol. The normalized spacial score (nSPS) is 12.4. The van der Waals surface area contributed by atoms with Crippen molar-refractivity contribution in [2.45, 2.75) is 12.7 Å². The van der Waals surface area contributed by atoms with Gasteiger partial charge in [0.1, 0.15) is 56.8 Å². The molecular weight excluding hydrogens is 1190 g/mol. The maximum absolute atomic E-state index is 12.6. The number of thiophene rings is 4. The van der Waals surface area contributed by atoms with E-state index in [4.69, 9.17) is 20.9 Å². The zero-order valence-corrected chi connectivity index (χ0v) is 47.2. The number of nitrogens with zero attached hydrogens (tertiary/aromatic N) is 6. The summed E-state index contributed by atoms with van der Waals surface area (Å²) in [6, 6.07) is 43.2. The number of methoxy groups -OCH3 is 2. The van der Waals surface area contributed by atoms with Crippen LogP contribution in [-0.2, 0) is 22.7 Å². The maximum atomic E-state index is 12.6. The summed E-state index contributed by atoms with van der Waals surface area (Å²) in [6.07, 6.45) is -9.47. The van der Waals surface area contributed by atoms with Crippen LogP contribution < -0.4 is 30.4 Å². The zero-order valence-electron chi connectivity index (χ0n) is 41.5. The number of hydrogen-bond donors (Lipinski definition) is 2. The van der Waals surface area contributed by atoms with Gasteiger partial charge in [0.2, 0.25) is 0 Å². The molecule has 11 aromatic rings. The van der Waals surface area contributed by atoms with Crippen LogP contribution in [0.15, 0.2) is 163 Å². The fourth-order valence-electron chi connectivity index (χ4n) is 8.93. The molecule has 81 heavy (non-hydrogen) atoms. The van der Waals surface area contributed by atoms with Crippen molar-refractivity contribution in [1.29, 1.82) is 0 Å². The number of ether oxygens (including phenoxy) is 4. The van der Waals surface area contributed by atoms with E-state index in [1.165, 1.54) is 46.9 Å². The van der Waals surface area contributed by atoms with Crippen molar-refractivity contribution in [3.05, 3.63) is 146 Å². The molecule has 406 valence electrons. The molecule has 0 amide bonds. The standard InChI is InChI=1S/C28H15F3N4O2S4.C28H19F3N4O2S3/c1-36-16-6-2-14(3-7-16)18-10-12-20(38-18)22-24-26(34-40-32-24)23(27-25(22)33-41-35-27)21-13-11-19(39-21)15-4-8-17(9-5-15)37-28(29,30)31;1-36-16-6-2-14(3-7-16)18-10-12-20(38-18)22-24(32)25(33)23(27-26(22)34-40-35-27)21-13-11-19(39-21)15-4-8-17(9-5-15)37-28(29,30)31/h2-13H,1H3;2-13H,32-33H2,1H3. The molecule has 12 nitrogen and oxygen atoms in total. The number of alkyl halides is 6. The minimum atomic E-state index is -4.74. The van der Waals surface area contributed by atoms with Gasteiger partial charge in [0.25, 0.3) is 0 Å². The Morgan fingerprint density at radius 2 is 0.605 bits per heavy atom. The summed E-state index contributed by atoms with van der Waals surface area (Å²) < 4.78 is 122. The van der Waals surface area contributed by atoms with Gasteiger partial charge in [0.05, 0.1) is 60.0 Å². The molecule has 0 saturated heterocycles. The molecule has 0 radical (unpaired) electrons. The van der Waals surface area contributed by atoms with Crippen LogP contribution in [0, 0.1) is 0 Å². The van der Waals surface area contributed by atoms with E-state index >= 15 is 0 Å². The van der Waals surface area contributed by atoms with E-state index < -0.39 is 12.7 Å². The number of fused-ring (bicyclic) bond motifs is 3. The summed E-state index contributed by atoms with van der Waals surface area (Å²) in [4.78, 5) is 7.58. The first kappa shape index (κ1) is 53.6. The first-order valence-corrected chi connectivity index (χ1v) is 29.2. The van der Waals surface area contributed by atoms with Gasteiger partial charge >= 0.3 is 12.7 Å². The molecule has 13 rings (SSSR count). The van der Waals surface area contributed by atoms with Crippen molar-refractivity contribution in [3.8, 4) is 107 Å². The number of rotatable bonds is 12. The lowest BCUT2D eigenvalue weighted by molar-refractivity contribution is -0.275. The lowest BCUT2D eigenvalue weighted by Crippen LogP contribution is -2.16. The summed E-state index contributed by atoms with van der Waals surface area (Å²) in [7, 11) is 3.28. The van der Waals surface area contributed by atoms with Crippen LogP contribution in [0.25, 0.3) is 94.6 Å². The van der Waals surface area contributed by atoms with Crippen LogP contribution >= 0.6 is 57.1 Å². The zero-order chi connectivity index (χ0) is 56.2. The number of benzene rings is 6. The SMILES string of the molecule is COc1ccc(-c2ccc(-c3c(N)c(N)c(-c4ccc(-c5ccc(OC(F)(F)F)cc5)s4)c4c3N=S=N4)s2)cc1.COc1ccc(-c2ccc(-c3c4c(c(-c5ccc(-c6ccc(OC(F)(F)F)cc6)s5)c5nsnc35)N=S=N4)s2)cc1. The van der Waals surface area contributed by atoms with E-state index in [9.17, 15) is 26.3 Å². The Hall–Kier alpha value is -8.04. The Bertz CT molecular complexity index is 4350. The Morgan fingerprint density at radius 1 is 0.346 bits per heavy atom. The fourth-order valence-corrected chi connectivity index (χ4v) is 14.9. The van der Waals surface area contributed by atoms with Gasteiger partial charge in [-0.2, -0.15) is 26.2 Å². The topological polar surface area (TPSA) is 164 Å². The van der Waals surface area contributed by atoms with Gasteiger partial charge in [-0.05, 0) is 168 Å². The van der Waals surface area contributed by atoms with Crippen LogP contribution in [0.1, 0.15) is 0 Å². The van der Waals surface area contributed by atoms with Gasteiger partial charge in [0.15, 0.2) is 0 Å². The van der Waals surface area contributed by atoms with Crippen LogP contribution in [0.5, 0.6) is 23.0 Å². The highest BCUT2D eigenvalue weighted by Gasteiger charge is 2.33. The molecule has 0 atom stereocenters. The average Bonchev–Trinajstić information content (AvgIpc) is 4.46. The summed E-state index contributed by atoms with van der Waals surface area (Å²) in [5.41, 5.74) is 25.3. The van der Waals surface area contributed by atoms with Crippen molar-refractivity contribution >= 4 is 125 Å². The number of nitrogens with two attached hydrogens (primary N) is 2. The minimum Gasteiger partial charge on any atom is -0.497 e. The smallest absolute Gasteiger partial charge is 0.497 e. The van der Waals surface area contributed by atoms with Crippen LogP contribution in [0.4, 0.5) is 60.5 Å². The third-order valence-electron chi connectivity index (χ3n) is 12.6. The molecule has 6 aromatic carbocycles. The van der Waals surface area contributed by atoms with Crippen molar-refractivity contribution in [3.63, 3.8) is 0 Å². The highest BCUT2D eigenvalue weighted by Crippen LogP contribution is 2.58. The van der Waals surface area contributed by atoms with Gasteiger partial charge in [-0.15, -0.1) is 71.7 Å². The van der Waals surface area contributed by atoms with Gasteiger partial charge in [-0.1, -0.05) is 0 Å². The lowest BCUT2D eigenvalue weighted by Gasteiger charge is -2.15. The van der Waals surface area contributed by atoms with Gasteiger partial charge in [0, 0.05) is 61.3 Å². The molecule has 2 aliphatic rings. The molecule has 0 bridgehead atoms. The molecule has 25 heteroatoms. The molecule has 0 unspecified atom stereocenters. The molecule has 2 aliphatic heterocycles. The Labute approximate surface area is 483 Å². The number of halogens is 6. The van der Waals surface area contributed by atoms with Crippen molar-refractivity contribution in [1.82, 2.24) is 8.75 Å². The summed E-state index contributed by atoms with van der Waals surface area (Å²) in [6.45, 7) is 0. The van der Waals surface area contributed by atoms with Crippen LogP contribution in [0.3, 0.4) is 0 Å². The number of anilines is 2. The second kappa shape index (κ2) is 21.8. The van der Waals surface area contributed by atoms with Crippen LogP contribution in [-0.4, -0.2) is 35.7 Å². The molecule has 0 saturated carbocycles. The van der Waals surface area contributed by atoms with E-state index in [2.05, 4.69) is 47.8 Å². The highest BCUT2D eigenvalue weighted by atomic mass is 32.1.